The van der Waals surface area contributed by atoms with Crippen LogP contribution in [0.25, 0.3) is 0 Å². The number of nitrogens with one attached hydrogen (secondary N) is 3. The van der Waals surface area contributed by atoms with Crippen LogP contribution in [0.15, 0.2) is 72.6 Å². The van der Waals surface area contributed by atoms with Gasteiger partial charge in [0.15, 0.2) is 5.82 Å². The van der Waals surface area contributed by atoms with Gasteiger partial charge in [-0.05, 0) is 92.1 Å². The van der Waals surface area contributed by atoms with Crippen LogP contribution in [-0.2, 0) is 11.2 Å². The Morgan fingerprint density at radius 1 is 1.05 bits per heavy atom. The molecule has 6 rings (SSSR count). The van der Waals surface area contributed by atoms with Gasteiger partial charge in [-0.15, -0.1) is 0 Å². The van der Waals surface area contributed by atoms with Crippen LogP contribution in [0.2, 0.25) is 5.02 Å². The van der Waals surface area contributed by atoms with Gasteiger partial charge in [0.2, 0.25) is 11.9 Å². The Kier molecular flexibility index (Phi) is 7.61. The molecule has 1 aliphatic carbocycles. The van der Waals surface area contributed by atoms with Crippen molar-refractivity contribution in [2.45, 2.75) is 32.1 Å². The summed E-state index contributed by atoms with van der Waals surface area (Å²) in [5.41, 5.74) is 10.7. The molecule has 0 saturated carbocycles. The number of aromatic nitrogens is 2. The first-order valence-corrected chi connectivity index (χ1v) is 14.3. The number of nitrogens with two attached hydrogens (primary N) is 1. The molecule has 3 aromatic rings. The van der Waals surface area contributed by atoms with Gasteiger partial charge in [-0.3, -0.25) is 9.59 Å². The van der Waals surface area contributed by atoms with E-state index in [9.17, 15) is 9.59 Å². The highest BCUT2D eigenvalue weighted by molar-refractivity contribution is 6.32. The molecule has 1 aromatic heterocycles. The SMILES string of the molecule is Nc1ccc(C(=O)N2CCC(C(=O)Nc3ccc4cc3CCC3C=CC=C(C3)Nc3ncc(Cl)c(n3)N4)CC2)cc1. The molecule has 6 bridgehead atoms. The zero-order chi connectivity index (χ0) is 28.3. The number of halogens is 1. The summed E-state index contributed by atoms with van der Waals surface area (Å²) in [7, 11) is 0. The number of carbonyl (C=O) groups excluding carboxylic acids is 2. The van der Waals surface area contributed by atoms with Crippen LogP contribution in [0.5, 0.6) is 0 Å². The molecule has 3 aliphatic rings. The molecule has 210 valence electrons. The van der Waals surface area contributed by atoms with E-state index in [4.69, 9.17) is 17.3 Å². The van der Waals surface area contributed by atoms with Crippen molar-refractivity contribution in [3.63, 3.8) is 0 Å². The number of carbonyl (C=O) groups is 2. The number of aryl methyl sites for hydroxylation is 1. The van der Waals surface area contributed by atoms with Gasteiger partial charge >= 0.3 is 0 Å². The van der Waals surface area contributed by atoms with Gasteiger partial charge in [0.25, 0.3) is 5.91 Å². The Morgan fingerprint density at radius 3 is 2.66 bits per heavy atom. The average Bonchev–Trinajstić information content (AvgIpc) is 2.99. The number of nitrogens with zero attached hydrogens (tertiary/aromatic N) is 3. The number of rotatable bonds is 3. The lowest BCUT2D eigenvalue weighted by Crippen LogP contribution is -2.41. The third-order valence-corrected chi connectivity index (χ3v) is 8.18. The fourth-order valence-electron chi connectivity index (χ4n) is 5.56. The van der Waals surface area contributed by atoms with E-state index in [1.165, 1.54) is 0 Å². The van der Waals surface area contributed by atoms with E-state index in [1.54, 1.807) is 30.5 Å². The van der Waals surface area contributed by atoms with Crippen LogP contribution in [0.3, 0.4) is 0 Å². The normalized spacial score (nSPS) is 18.5. The molecule has 0 spiro atoms. The van der Waals surface area contributed by atoms with E-state index < -0.39 is 0 Å². The van der Waals surface area contributed by atoms with Crippen molar-refractivity contribution in [2.75, 3.05) is 34.8 Å². The van der Waals surface area contributed by atoms with Crippen molar-refractivity contribution < 1.29 is 9.59 Å². The van der Waals surface area contributed by atoms with E-state index in [2.05, 4.69) is 44.1 Å². The molecule has 41 heavy (non-hydrogen) atoms. The summed E-state index contributed by atoms with van der Waals surface area (Å²) < 4.78 is 0. The van der Waals surface area contributed by atoms with E-state index in [-0.39, 0.29) is 17.7 Å². The van der Waals surface area contributed by atoms with Crippen molar-refractivity contribution >= 4 is 52.2 Å². The maximum absolute atomic E-state index is 13.4. The molecule has 2 aromatic carbocycles. The molecular formula is C31H32ClN7O2. The third-order valence-electron chi connectivity index (χ3n) is 7.90. The van der Waals surface area contributed by atoms with Gasteiger partial charge in [0, 0.05) is 47.3 Å². The number of nitrogen functional groups attached to an aromatic ring is 1. The van der Waals surface area contributed by atoms with Crippen LogP contribution in [0.1, 0.15) is 41.6 Å². The third kappa shape index (κ3) is 6.20. The minimum atomic E-state index is -0.163. The number of fused-ring (bicyclic) bond motifs is 6. The second-order valence-electron chi connectivity index (χ2n) is 10.8. The summed E-state index contributed by atoms with van der Waals surface area (Å²) >= 11 is 6.40. The minimum absolute atomic E-state index is 0.0140. The zero-order valence-corrected chi connectivity index (χ0v) is 23.3. The summed E-state index contributed by atoms with van der Waals surface area (Å²) in [4.78, 5) is 37.0. The summed E-state index contributed by atoms with van der Waals surface area (Å²) in [6, 6.07) is 12.9. The predicted octanol–water partition coefficient (Wildman–Crippen LogP) is 5.76. The first-order valence-electron chi connectivity index (χ1n) is 13.9. The molecule has 2 amide bonds. The number of hydrogen-bond acceptors (Lipinski definition) is 7. The van der Waals surface area contributed by atoms with Crippen LogP contribution in [-0.4, -0.2) is 39.8 Å². The number of anilines is 5. The van der Waals surface area contributed by atoms with Gasteiger partial charge in [-0.1, -0.05) is 23.8 Å². The topological polar surface area (TPSA) is 125 Å². The smallest absolute Gasteiger partial charge is 0.253 e. The molecule has 9 nitrogen and oxygen atoms in total. The Bertz CT molecular complexity index is 1530. The quantitative estimate of drug-likeness (QED) is 0.295. The van der Waals surface area contributed by atoms with Gasteiger partial charge in [0.1, 0.15) is 5.02 Å². The maximum Gasteiger partial charge on any atom is 0.253 e. The van der Waals surface area contributed by atoms with Crippen LogP contribution in [0, 0.1) is 11.8 Å². The summed E-state index contributed by atoms with van der Waals surface area (Å²) in [5.74, 6) is 1.14. The first-order chi connectivity index (χ1) is 19.9. The van der Waals surface area contributed by atoms with Gasteiger partial charge < -0.3 is 26.6 Å². The fraction of sp³-hybridized carbons (Fsp3) is 0.290. The molecule has 3 heterocycles. The van der Waals surface area contributed by atoms with Gasteiger partial charge in [-0.25, -0.2) is 4.98 Å². The van der Waals surface area contributed by atoms with Crippen LogP contribution >= 0.6 is 11.6 Å². The highest BCUT2D eigenvalue weighted by Gasteiger charge is 2.28. The van der Waals surface area contributed by atoms with Crippen molar-refractivity contribution in [3.8, 4) is 0 Å². The molecule has 0 radical (unpaired) electrons. The Hall–Kier alpha value is -4.37. The Balaban J connectivity index is 1.16. The highest BCUT2D eigenvalue weighted by atomic mass is 35.5. The number of likely N-dealkylation sites (tertiary alicyclic amines) is 1. The Morgan fingerprint density at radius 2 is 1.85 bits per heavy atom. The first kappa shape index (κ1) is 26.8. The average molecular weight is 570 g/mol. The number of piperidine rings is 1. The minimum Gasteiger partial charge on any atom is -0.399 e. The molecular weight excluding hydrogens is 538 g/mol. The number of hydrogen-bond donors (Lipinski definition) is 4. The molecule has 1 atom stereocenters. The lowest BCUT2D eigenvalue weighted by atomic mass is 9.91. The molecule has 2 aliphatic heterocycles. The number of amides is 2. The second kappa shape index (κ2) is 11.6. The Labute approximate surface area is 243 Å². The van der Waals surface area contributed by atoms with Crippen molar-refractivity contribution in [2.24, 2.45) is 11.8 Å². The van der Waals surface area contributed by atoms with Crippen LogP contribution in [0.4, 0.5) is 28.8 Å². The molecule has 1 unspecified atom stereocenters. The lowest BCUT2D eigenvalue weighted by Gasteiger charge is -2.31. The highest BCUT2D eigenvalue weighted by Crippen LogP contribution is 2.32. The second-order valence-corrected chi connectivity index (χ2v) is 11.2. The molecule has 1 fully saturated rings. The monoisotopic (exact) mass is 569 g/mol. The molecule has 5 N–H and O–H groups in total. The van der Waals surface area contributed by atoms with E-state index in [0.29, 0.717) is 59.9 Å². The van der Waals surface area contributed by atoms with E-state index in [0.717, 1.165) is 41.9 Å². The predicted molar refractivity (Wildman–Crippen MR) is 162 cm³/mol. The summed E-state index contributed by atoms with van der Waals surface area (Å²) in [5, 5.41) is 10.2. The van der Waals surface area contributed by atoms with Crippen molar-refractivity contribution in [3.05, 3.63) is 88.7 Å². The standard InChI is InChI=1S/C31H32ClN7O2/c32-26-18-34-31-36-24-3-1-2-19(16-24)4-5-22-17-25(35-28(26)38-31)10-11-27(22)37-29(40)20-12-14-39(15-13-20)30(41)21-6-8-23(33)9-7-21/h1-3,6-11,17-20H,4-5,12-16,33H2,(H,37,40)(H2,34,35,36,38). The maximum atomic E-state index is 13.4. The van der Waals surface area contributed by atoms with Gasteiger partial charge in [0.05, 0.1) is 6.20 Å². The molecule has 10 heteroatoms. The number of allylic oxidation sites excluding steroid dienone is 4. The largest absolute Gasteiger partial charge is 0.399 e. The van der Waals surface area contributed by atoms with Crippen molar-refractivity contribution in [1.29, 1.82) is 0 Å². The number of benzene rings is 2. The fourth-order valence-corrected chi connectivity index (χ4v) is 5.70. The lowest BCUT2D eigenvalue weighted by molar-refractivity contribution is -0.121. The van der Waals surface area contributed by atoms with Crippen molar-refractivity contribution in [1.82, 2.24) is 14.9 Å². The summed E-state index contributed by atoms with van der Waals surface area (Å²) in [6.45, 7) is 1.08. The molecule has 1 saturated heterocycles. The van der Waals surface area contributed by atoms with Crippen LogP contribution < -0.4 is 21.7 Å². The van der Waals surface area contributed by atoms with E-state index in [1.807, 2.05) is 23.1 Å². The van der Waals surface area contributed by atoms with E-state index >= 15 is 0 Å². The summed E-state index contributed by atoms with van der Waals surface area (Å²) in [6.07, 6.45) is 11.7. The van der Waals surface area contributed by atoms with Gasteiger partial charge in [-0.2, -0.15) is 4.98 Å². The zero-order valence-electron chi connectivity index (χ0n) is 22.6.